The van der Waals surface area contributed by atoms with Gasteiger partial charge in [0, 0.05) is 28.8 Å². The second kappa shape index (κ2) is 13.6. The lowest BCUT2D eigenvalue weighted by Crippen LogP contribution is -2.49. The molecule has 8 heteroatoms. The first-order valence-corrected chi connectivity index (χ1v) is 12.6. The van der Waals surface area contributed by atoms with E-state index in [4.69, 9.17) is 18.9 Å². The lowest BCUT2D eigenvalue weighted by Gasteiger charge is -2.34. The molecule has 0 radical (unpaired) electrons. The number of halogens is 1. The maximum Gasteiger partial charge on any atom is 0.318 e. The lowest BCUT2D eigenvalue weighted by atomic mass is 9.88. The highest BCUT2D eigenvalue weighted by Gasteiger charge is 2.32. The third-order valence-electron chi connectivity index (χ3n) is 6.61. The second-order valence-electron chi connectivity index (χ2n) is 9.23. The van der Waals surface area contributed by atoms with Gasteiger partial charge in [0.15, 0.2) is 0 Å². The van der Waals surface area contributed by atoms with Crippen LogP contribution < -0.4 is 24.3 Å². The topological polar surface area (TPSA) is 69.3 Å². The highest BCUT2D eigenvalue weighted by molar-refractivity contribution is 5.76. The van der Waals surface area contributed by atoms with Gasteiger partial charge in [-0.05, 0) is 50.6 Å². The Morgan fingerprint density at radius 1 is 0.872 bits per heavy atom. The third kappa shape index (κ3) is 7.22. The zero-order valence-corrected chi connectivity index (χ0v) is 23.4. The molecule has 2 amide bonds. The van der Waals surface area contributed by atoms with Gasteiger partial charge in [-0.25, -0.2) is 9.18 Å². The fourth-order valence-corrected chi connectivity index (χ4v) is 4.38. The number of methoxy groups -OCH3 is 4. The number of carbonyl (C=O) groups is 1. The number of nitrogens with one attached hydrogen (secondary N) is 1. The number of carbonyl (C=O) groups excluding carboxylic acids is 1. The molecule has 0 aliphatic rings. The van der Waals surface area contributed by atoms with E-state index in [1.807, 2.05) is 50.3 Å². The molecule has 0 aromatic heterocycles. The first-order chi connectivity index (χ1) is 18.8. The Morgan fingerprint density at radius 2 is 1.41 bits per heavy atom. The minimum Gasteiger partial charge on any atom is -0.497 e. The molecule has 0 bridgehead atoms. The van der Waals surface area contributed by atoms with Crippen molar-refractivity contribution >= 4 is 6.03 Å². The number of urea groups is 1. The van der Waals surface area contributed by atoms with E-state index in [0.29, 0.717) is 35.0 Å². The molecule has 0 aliphatic heterocycles. The summed E-state index contributed by atoms with van der Waals surface area (Å²) in [6, 6.07) is 17.0. The zero-order chi connectivity index (χ0) is 28.4. The van der Waals surface area contributed by atoms with E-state index >= 15 is 0 Å². The number of rotatable bonds is 12. The van der Waals surface area contributed by atoms with Crippen molar-refractivity contribution in [3.8, 4) is 23.0 Å². The Kier molecular flexibility index (Phi) is 10.2. The molecule has 0 unspecified atom stereocenters. The largest absolute Gasteiger partial charge is 0.497 e. The Morgan fingerprint density at radius 3 is 1.87 bits per heavy atom. The summed E-state index contributed by atoms with van der Waals surface area (Å²) in [5.74, 6) is 2.06. The maximum absolute atomic E-state index is 15.0. The smallest absolute Gasteiger partial charge is 0.318 e. The van der Waals surface area contributed by atoms with Crippen LogP contribution >= 0.6 is 0 Å². The average Bonchev–Trinajstić information content (AvgIpc) is 2.96. The second-order valence-corrected chi connectivity index (χ2v) is 9.23. The first-order valence-electron chi connectivity index (χ1n) is 12.6. The number of amides is 2. The van der Waals surface area contributed by atoms with Gasteiger partial charge in [-0.3, -0.25) is 0 Å². The van der Waals surface area contributed by atoms with Gasteiger partial charge in [-0.15, -0.1) is 0 Å². The molecule has 3 aromatic rings. The van der Waals surface area contributed by atoms with Crippen molar-refractivity contribution in [2.45, 2.75) is 38.9 Å². The molecule has 3 aromatic carbocycles. The van der Waals surface area contributed by atoms with E-state index in [1.165, 1.54) is 6.07 Å². The average molecular weight is 537 g/mol. The maximum atomic E-state index is 15.0. The molecule has 1 N–H and O–H groups in total. The summed E-state index contributed by atoms with van der Waals surface area (Å²) in [5.41, 5.74) is 0.964. The predicted octanol–water partition coefficient (Wildman–Crippen LogP) is 6.45. The van der Waals surface area contributed by atoms with Crippen LogP contribution in [-0.2, 0) is 18.6 Å². The minimum absolute atomic E-state index is 0.213. The summed E-state index contributed by atoms with van der Waals surface area (Å²) < 4.78 is 36.8. The molecule has 0 fully saturated rings. The van der Waals surface area contributed by atoms with Crippen LogP contribution in [0.5, 0.6) is 23.0 Å². The molecule has 0 heterocycles. The molecule has 7 nitrogen and oxygen atoms in total. The van der Waals surface area contributed by atoms with Gasteiger partial charge < -0.3 is 29.2 Å². The zero-order valence-electron chi connectivity index (χ0n) is 23.4. The van der Waals surface area contributed by atoms with Crippen molar-refractivity contribution in [1.82, 2.24) is 10.2 Å². The van der Waals surface area contributed by atoms with Gasteiger partial charge in [0.25, 0.3) is 0 Å². The Hall–Kier alpha value is -4.20. The van der Waals surface area contributed by atoms with E-state index in [-0.39, 0.29) is 24.9 Å². The van der Waals surface area contributed by atoms with Crippen LogP contribution in [0.3, 0.4) is 0 Å². The minimum atomic E-state index is -0.999. The Labute approximate surface area is 230 Å². The third-order valence-corrected chi connectivity index (χ3v) is 6.61. The first kappa shape index (κ1) is 29.4. The SMILES string of the molecule is C/C=C/C[C@](C)(NC(=O)N(Cc1ccc(OC)cc1OC)Cc1ccc(OC)cc1OC)c1ccccc1F. The molecular weight excluding hydrogens is 499 g/mol. The number of benzene rings is 3. The number of allylic oxidation sites excluding steroid dienone is 1. The summed E-state index contributed by atoms with van der Waals surface area (Å²) in [6.45, 7) is 4.14. The highest BCUT2D eigenvalue weighted by Crippen LogP contribution is 2.31. The van der Waals surface area contributed by atoms with Crippen LogP contribution in [0.15, 0.2) is 72.8 Å². The van der Waals surface area contributed by atoms with E-state index in [1.54, 1.807) is 63.7 Å². The van der Waals surface area contributed by atoms with E-state index < -0.39 is 5.54 Å². The summed E-state index contributed by atoms with van der Waals surface area (Å²) in [5, 5.41) is 3.11. The van der Waals surface area contributed by atoms with E-state index in [2.05, 4.69) is 5.32 Å². The van der Waals surface area contributed by atoms with Crippen LogP contribution in [0.25, 0.3) is 0 Å². The van der Waals surface area contributed by atoms with Gasteiger partial charge in [0.05, 0.1) is 47.1 Å². The van der Waals surface area contributed by atoms with Crippen LogP contribution in [-0.4, -0.2) is 39.4 Å². The molecule has 39 heavy (non-hydrogen) atoms. The molecule has 208 valence electrons. The fraction of sp³-hybridized carbons (Fsp3) is 0.323. The van der Waals surface area contributed by atoms with Crippen LogP contribution in [0, 0.1) is 5.82 Å². The van der Waals surface area contributed by atoms with Gasteiger partial charge in [0.1, 0.15) is 28.8 Å². The van der Waals surface area contributed by atoms with Gasteiger partial charge in [0.2, 0.25) is 0 Å². The van der Waals surface area contributed by atoms with Crippen molar-refractivity contribution in [2.24, 2.45) is 0 Å². The molecule has 0 spiro atoms. The summed E-state index contributed by atoms with van der Waals surface area (Å²) in [4.78, 5) is 15.6. The van der Waals surface area contributed by atoms with Crippen LogP contribution in [0.1, 0.15) is 37.0 Å². The molecule has 0 saturated carbocycles. The van der Waals surface area contributed by atoms with Crippen molar-refractivity contribution in [3.63, 3.8) is 0 Å². The summed E-state index contributed by atoms with van der Waals surface area (Å²) in [6.07, 6.45) is 4.20. The van der Waals surface area contributed by atoms with Gasteiger partial charge in [-0.1, -0.05) is 30.4 Å². The fourth-order valence-electron chi connectivity index (χ4n) is 4.38. The monoisotopic (exact) mass is 536 g/mol. The molecule has 0 saturated heterocycles. The molecule has 0 aliphatic carbocycles. The van der Waals surface area contributed by atoms with Crippen molar-refractivity contribution in [3.05, 3.63) is 95.3 Å². The number of hydrogen-bond donors (Lipinski definition) is 1. The standard InChI is InChI=1S/C31H37FN2O5/c1-7-8-17-31(2,26-11-9-10-12-27(26)32)33-30(35)34(20-22-13-15-24(36-3)18-28(22)38-5)21-23-14-16-25(37-4)19-29(23)39-6/h7-16,18-19H,17,20-21H2,1-6H3,(H,33,35)/b8-7+/t31-/m0/s1. The number of ether oxygens (including phenoxy) is 4. The van der Waals surface area contributed by atoms with Crippen molar-refractivity contribution in [1.29, 1.82) is 0 Å². The summed E-state index contributed by atoms with van der Waals surface area (Å²) in [7, 11) is 6.31. The van der Waals surface area contributed by atoms with E-state index in [0.717, 1.165) is 11.1 Å². The van der Waals surface area contributed by atoms with E-state index in [9.17, 15) is 9.18 Å². The van der Waals surface area contributed by atoms with Crippen LogP contribution in [0.2, 0.25) is 0 Å². The quantitative estimate of drug-likeness (QED) is 0.269. The Balaban J connectivity index is 2.03. The van der Waals surface area contributed by atoms with Crippen molar-refractivity contribution < 1.29 is 28.1 Å². The lowest BCUT2D eigenvalue weighted by molar-refractivity contribution is 0.177. The van der Waals surface area contributed by atoms with Gasteiger partial charge >= 0.3 is 6.03 Å². The molecule has 1 atom stereocenters. The Bertz CT molecular complexity index is 1240. The summed E-state index contributed by atoms with van der Waals surface area (Å²) >= 11 is 0. The molecular formula is C31H37FN2O5. The number of hydrogen-bond acceptors (Lipinski definition) is 5. The highest BCUT2D eigenvalue weighted by atomic mass is 19.1. The van der Waals surface area contributed by atoms with Crippen molar-refractivity contribution in [2.75, 3.05) is 28.4 Å². The normalized spacial score (nSPS) is 12.5. The molecule has 3 rings (SSSR count). The van der Waals surface area contributed by atoms with Crippen LogP contribution in [0.4, 0.5) is 9.18 Å². The van der Waals surface area contributed by atoms with Gasteiger partial charge in [-0.2, -0.15) is 0 Å². The predicted molar refractivity (Wildman–Crippen MR) is 150 cm³/mol. The number of nitrogens with zero attached hydrogens (tertiary/aromatic N) is 1.